The molecule has 0 aromatic heterocycles. The van der Waals surface area contributed by atoms with Crippen molar-refractivity contribution < 1.29 is 9.47 Å². The highest BCUT2D eigenvalue weighted by Crippen LogP contribution is 2.37. The molecule has 1 aliphatic rings. The van der Waals surface area contributed by atoms with Crippen molar-refractivity contribution in [1.29, 1.82) is 0 Å². The first-order valence-electron chi connectivity index (χ1n) is 6.85. The van der Waals surface area contributed by atoms with E-state index in [1.165, 1.54) is 12.0 Å². The zero-order valence-corrected chi connectivity index (χ0v) is 11.9. The van der Waals surface area contributed by atoms with E-state index in [1.54, 1.807) is 0 Å². The van der Waals surface area contributed by atoms with Gasteiger partial charge >= 0.3 is 0 Å². The van der Waals surface area contributed by atoms with Crippen LogP contribution in [0.5, 0.6) is 5.75 Å². The van der Waals surface area contributed by atoms with E-state index in [0.717, 1.165) is 12.4 Å². The molecule has 0 N–H and O–H groups in total. The zero-order chi connectivity index (χ0) is 13.2. The van der Waals surface area contributed by atoms with Crippen LogP contribution in [0.3, 0.4) is 0 Å². The van der Waals surface area contributed by atoms with Crippen molar-refractivity contribution >= 4 is 0 Å². The number of epoxide rings is 1. The Balaban J connectivity index is 2.00. The highest BCUT2D eigenvalue weighted by atomic mass is 16.6. The Morgan fingerprint density at radius 2 is 1.89 bits per heavy atom. The van der Waals surface area contributed by atoms with E-state index in [-0.39, 0.29) is 0 Å². The minimum absolute atomic E-state index is 0.305. The predicted molar refractivity (Wildman–Crippen MR) is 74.2 cm³/mol. The number of hydrogen-bond acceptors (Lipinski definition) is 2. The summed E-state index contributed by atoms with van der Waals surface area (Å²) in [5, 5.41) is 0. The molecule has 100 valence electrons. The van der Waals surface area contributed by atoms with Gasteiger partial charge in [-0.25, -0.2) is 0 Å². The van der Waals surface area contributed by atoms with Crippen molar-refractivity contribution in [1.82, 2.24) is 0 Å². The van der Waals surface area contributed by atoms with Crippen LogP contribution in [-0.2, 0) is 4.74 Å². The molecule has 1 aromatic carbocycles. The summed E-state index contributed by atoms with van der Waals surface area (Å²) in [6, 6.07) is 8.54. The van der Waals surface area contributed by atoms with Crippen LogP contribution in [0.15, 0.2) is 24.3 Å². The van der Waals surface area contributed by atoms with Gasteiger partial charge < -0.3 is 9.47 Å². The quantitative estimate of drug-likeness (QED) is 0.734. The Kier molecular flexibility index (Phi) is 3.96. The van der Waals surface area contributed by atoms with Crippen molar-refractivity contribution in [2.75, 3.05) is 13.2 Å². The van der Waals surface area contributed by atoms with Crippen LogP contribution in [0.4, 0.5) is 0 Å². The van der Waals surface area contributed by atoms with Crippen LogP contribution in [0.1, 0.15) is 45.6 Å². The molecule has 1 heterocycles. The SMILES string of the molecule is CCC(c1ccc(OCC2CO2)cc1)C(C)(C)C. The molecule has 1 aromatic rings. The largest absolute Gasteiger partial charge is 0.491 e. The number of hydrogen-bond donors (Lipinski definition) is 0. The molecular weight excluding hydrogens is 224 g/mol. The van der Waals surface area contributed by atoms with Gasteiger partial charge in [0.2, 0.25) is 0 Å². The fraction of sp³-hybridized carbons (Fsp3) is 0.625. The number of ether oxygens (including phenoxy) is 2. The molecule has 0 spiro atoms. The standard InChI is InChI=1S/C16H24O2/c1-5-15(16(2,3)4)12-6-8-13(9-7-12)17-10-14-11-18-14/h6-9,14-15H,5,10-11H2,1-4H3. The van der Waals surface area contributed by atoms with Crippen LogP contribution in [0.25, 0.3) is 0 Å². The first-order valence-corrected chi connectivity index (χ1v) is 6.85. The fourth-order valence-corrected chi connectivity index (χ4v) is 2.50. The van der Waals surface area contributed by atoms with Crippen LogP contribution in [0.2, 0.25) is 0 Å². The lowest BCUT2D eigenvalue weighted by atomic mass is 9.75. The van der Waals surface area contributed by atoms with Crippen LogP contribution >= 0.6 is 0 Å². The second-order valence-corrected chi connectivity index (χ2v) is 6.16. The lowest BCUT2D eigenvalue weighted by Gasteiger charge is -2.30. The van der Waals surface area contributed by atoms with E-state index >= 15 is 0 Å². The zero-order valence-electron chi connectivity index (χ0n) is 11.9. The summed E-state index contributed by atoms with van der Waals surface area (Å²) in [4.78, 5) is 0. The van der Waals surface area contributed by atoms with Crippen molar-refractivity contribution in [3.8, 4) is 5.75 Å². The Bertz CT molecular complexity index is 371. The fourth-order valence-electron chi connectivity index (χ4n) is 2.50. The van der Waals surface area contributed by atoms with Gasteiger partial charge in [0.1, 0.15) is 18.5 Å². The molecule has 0 saturated carbocycles. The third-order valence-corrected chi connectivity index (χ3v) is 3.57. The van der Waals surface area contributed by atoms with Gasteiger partial charge in [0.25, 0.3) is 0 Å². The van der Waals surface area contributed by atoms with Crippen molar-refractivity contribution in [3.05, 3.63) is 29.8 Å². The number of rotatable bonds is 5. The molecule has 1 fully saturated rings. The lowest BCUT2D eigenvalue weighted by Crippen LogP contribution is -2.17. The third kappa shape index (κ3) is 3.49. The smallest absolute Gasteiger partial charge is 0.119 e. The molecule has 1 aliphatic heterocycles. The van der Waals surface area contributed by atoms with E-state index in [9.17, 15) is 0 Å². The molecule has 2 nitrogen and oxygen atoms in total. The monoisotopic (exact) mass is 248 g/mol. The molecule has 2 atom stereocenters. The average molecular weight is 248 g/mol. The van der Waals surface area contributed by atoms with Crippen LogP contribution < -0.4 is 4.74 Å². The van der Waals surface area contributed by atoms with Gasteiger partial charge in [0, 0.05) is 0 Å². The molecule has 1 saturated heterocycles. The molecule has 2 rings (SSSR count). The normalized spacial score (nSPS) is 20.6. The van der Waals surface area contributed by atoms with Gasteiger partial charge in [-0.1, -0.05) is 39.8 Å². The highest BCUT2D eigenvalue weighted by Gasteiger charge is 2.25. The average Bonchev–Trinajstić information content (AvgIpc) is 3.11. The van der Waals surface area contributed by atoms with Crippen LogP contribution in [-0.4, -0.2) is 19.3 Å². The van der Waals surface area contributed by atoms with Gasteiger partial charge in [-0.2, -0.15) is 0 Å². The Morgan fingerprint density at radius 3 is 2.33 bits per heavy atom. The Labute approximate surface area is 110 Å². The van der Waals surface area contributed by atoms with Gasteiger partial charge in [-0.15, -0.1) is 0 Å². The van der Waals surface area contributed by atoms with E-state index in [0.29, 0.717) is 24.0 Å². The Hall–Kier alpha value is -1.02. The Morgan fingerprint density at radius 1 is 1.28 bits per heavy atom. The molecule has 18 heavy (non-hydrogen) atoms. The van der Waals surface area contributed by atoms with Crippen molar-refractivity contribution in [2.24, 2.45) is 5.41 Å². The predicted octanol–water partition coefficient (Wildman–Crippen LogP) is 4.00. The maximum atomic E-state index is 5.66. The van der Waals surface area contributed by atoms with Gasteiger partial charge in [0.15, 0.2) is 0 Å². The first kappa shape index (κ1) is 13.4. The molecule has 0 bridgehead atoms. The molecular formula is C16H24O2. The lowest BCUT2D eigenvalue weighted by molar-refractivity contribution is 0.262. The molecule has 0 aliphatic carbocycles. The second kappa shape index (κ2) is 5.31. The van der Waals surface area contributed by atoms with E-state index in [2.05, 4.69) is 52.0 Å². The van der Waals surface area contributed by atoms with Gasteiger partial charge in [-0.3, -0.25) is 0 Å². The maximum Gasteiger partial charge on any atom is 0.119 e. The minimum Gasteiger partial charge on any atom is -0.491 e. The minimum atomic E-state index is 0.305. The molecule has 0 radical (unpaired) electrons. The molecule has 0 amide bonds. The summed E-state index contributed by atoms with van der Waals surface area (Å²) in [6.45, 7) is 10.7. The van der Waals surface area contributed by atoms with Crippen LogP contribution in [0, 0.1) is 5.41 Å². The second-order valence-electron chi connectivity index (χ2n) is 6.16. The van der Waals surface area contributed by atoms with Crippen molar-refractivity contribution in [2.45, 2.75) is 46.1 Å². The van der Waals surface area contributed by atoms with E-state index < -0.39 is 0 Å². The summed E-state index contributed by atoms with van der Waals surface area (Å²) in [5.41, 5.74) is 1.71. The topological polar surface area (TPSA) is 21.8 Å². The molecule has 2 heteroatoms. The van der Waals surface area contributed by atoms with E-state index in [1.807, 2.05) is 0 Å². The number of benzene rings is 1. The van der Waals surface area contributed by atoms with Gasteiger partial charge in [-0.05, 0) is 35.4 Å². The summed E-state index contributed by atoms with van der Waals surface area (Å²) in [6.07, 6.45) is 1.49. The summed E-state index contributed by atoms with van der Waals surface area (Å²) in [7, 11) is 0. The third-order valence-electron chi connectivity index (χ3n) is 3.57. The van der Waals surface area contributed by atoms with Crippen molar-refractivity contribution in [3.63, 3.8) is 0 Å². The maximum absolute atomic E-state index is 5.66. The van der Waals surface area contributed by atoms with E-state index in [4.69, 9.17) is 9.47 Å². The molecule has 2 unspecified atom stereocenters. The summed E-state index contributed by atoms with van der Waals surface area (Å²) < 4.78 is 10.8. The van der Waals surface area contributed by atoms with Gasteiger partial charge in [0.05, 0.1) is 6.61 Å². The first-order chi connectivity index (χ1) is 8.50. The summed E-state index contributed by atoms with van der Waals surface area (Å²) in [5.74, 6) is 1.54. The summed E-state index contributed by atoms with van der Waals surface area (Å²) >= 11 is 0. The highest BCUT2D eigenvalue weighted by molar-refractivity contribution is 5.30.